The van der Waals surface area contributed by atoms with Gasteiger partial charge < -0.3 is 10.6 Å². The van der Waals surface area contributed by atoms with Gasteiger partial charge in [-0.3, -0.25) is 4.79 Å². The molecule has 0 aliphatic carbocycles. The summed E-state index contributed by atoms with van der Waals surface area (Å²) in [6.07, 6.45) is 0. The zero-order valence-corrected chi connectivity index (χ0v) is 14.5. The molecule has 0 unspecified atom stereocenters. The Labute approximate surface area is 140 Å². The lowest BCUT2D eigenvalue weighted by Gasteiger charge is -2.10. The van der Waals surface area contributed by atoms with E-state index < -0.39 is 0 Å². The molecule has 0 aromatic heterocycles. The number of carbonyl (C=O) groups is 1. The van der Waals surface area contributed by atoms with Crippen LogP contribution in [-0.2, 0) is 6.54 Å². The summed E-state index contributed by atoms with van der Waals surface area (Å²) >= 11 is 3.43. The monoisotopic (exact) mass is 360 g/mol. The second-order valence-electron chi connectivity index (χ2n) is 5.66. The van der Waals surface area contributed by atoms with Crippen molar-refractivity contribution in [3.63, 3.8) is 0 Å². The van der Waals surface area contributed by atoms with Crippen molar-refractivity contribution in [1.82, 2.24) is 5.32 Å². The minimum Gasteiger partial charge on any atom is -0.381 e. The quantitative estimate of drug-likeness (QED) is 0.798. The summed E-state index contributed by atoms with van der Waals surface area (Å²) in [6.45, 7) is 5.58. The number of anilines is 1. The lowest BCUT2D eigenvalue weighted by Crippen LogP contribution is -2.27. The molecular weight excluding hydrogens is 340 g/mol. The van der Waals surface area contributed by atoms with Crippen molar-refractivity contribution in [2.45, 2.75) is 20.4 Å². The summed E-state index contributed by atoms with van der Waals surface area (Å²) in [6, 6.07) is 15.8. The van der Waals surface area contributed by atoms with E-state index in [4.69, 9.17) is 0 Å². The molecule has 0 aliphatic heterocycles. The summed E-state index contributed by atoms with van der Waals surface area (Å²) in [4.78, 5) is 12.1. The van der Waals surface area contributed by atoms with Crippen LogP contribution in [0.5, 0.6) is 0 Å². The summed E-state index contributed by atoms with van der Waals surface area (Å²) in [7, 11) is 0. The van der Waals surface area contributed by atoms with Gasteiger partial charge in [-0.2, -0.15) is 0 Å². The Kier molecular flexibility index (Phi) is 6.01. The Hall–Kier alpha value is -1.81. The van der Waals surface area contributed by atoms with Crippen LogP contribution in [0, 0.1) is 5.92 Å². The molecule has 0 aliphatic rings. The van der Waals surface area contributed by atoms with Gasteiger partial charge in [0, 0.05) is 28.8 Å². The van der Waals surface area contributed by atoms with E-state index in [1.807, 2.05) is 36.4 Å². The van der Waals surface area contributed by atoms with Gasteiger partial charge in [-0.25, -0.2) is 0 Å². The number of amides is 1. The van der Waals surface area contributed by atoms with Gasteiger partial charge in [0.05, 0.1) is 0 Å². The van der Waals surface area contributed by atoms with E-state index in [0.29, 0.717) is 18.0 Å². The minimum absolute atomic E-state index is 0.0269. The van der Waals surface area contributed by atoms with Gasteiger partial charge in [0.25, 0.3) is 5.91 Å². The number of halogens is 1. The number of benzene rings is 2. The second-order valence-corrected chi connectivity index (χ2v) is 6.58. The lowest BCUT2D eigenvalue weighted by atomic mass is 10.1. The molecular formula is C18H21BrN2O. The first-order chi connectivity index (χ1) is 10.5. The van der Waals surface area contributed by atoms with E-state index in [1.54, 1.807) is 0 Å². The van der Waals surface area contributed by atoms with Crippen LogP contribution in [0.15, 0.2) is 53.0 Å². The van der Waals surface area contributed by atoms with Gasteiger partial charge in [0.1, 0.15) is 0 Å². The topological polar surface area (TPSA) is 41.1 Å². The first-order valence-electron chi connectivity index (χ1n) is 7.41. The molecule has 4 heteroatoms. The van der Waals surface area contributed by atoms with Crippen LogP contribution in [0.2, 0.25) is 0 Å². The molecule has 2 N–H and O–H groups in total. The average Bonchev–Trinajstić information content (AvgIpc) is 2.52. The molecule has 0 bridgehead atoms. The third-order valence-electron chi connectivity index (χ3n) is 3.21. The van der Waals surface area contributed by atoms with E-state index in [9.17, 15) is 4.79 Å². The molecule has 0 saturated heterocycles. The first-order valence-corrected chi connectivity index (χ1v) is 8.20. The fourth-order valence-corrected chi connectivity index (χ4v) is 2.24. The van der Waals surface area contributed by atoms with Crippen molar-refractivity contribution in [2.75, 3.05) is 11.9 Å². The number of rotatable bonds is 6. The molecule has 22 heavy (non-hydrogen) atoms. The number of carbonyl (C=O) groups excluding carboxylic acids is 1. The fourth-order valence-electron chi connectivity index (χ4n) is 1.98. The smallest absolute Gasteiger partial charge is 0.251 e. The summed E-state index contributed by atoms with van der Waals surface area (Å²) in [5.41, 5.74) is 2.82. The van der Waals surface area contributed by atoms with Crippen molar-refractivity contribution in [1.29, 1.82) is 0 Å². The van der Waals surface area contributed by atoms with Crippen LogP contribution in [-0.4, -0.2) is 12.5 Å². The molecule has 0 atom stereocenters. The SMILES string of the molecule is CC(C)CNC(=O)c1cccc(NCc2ccc(Br)cc2)c1. The van der Waals surface area contributed by atoms with Crippen molar-refractivity contribution < 1.29 is 4.79 Å². The molecule has 2 aromatic carbocycles. The lowest BCUT2D eigenvalue weighted by molar-refractivity contribution is 0.0949. The van der Waals surface area contributed by atoms with Crippen LogP contribution in [0.3, 0.4) is 0 Å². The third kappa shape index (κ3) is 5.19. The Bertz CT molecular complexity index is 623. The van der Waals surface area contributed by atoms with E-state index >= 15 is 0 Å². The second kappa shape index (κ2) is 7.99. The molecule has 0 fully saturated rings. The summed E-state index contributed by atoms with van der Waals surface area (Å²) in [5.74, 6) is 0.420. The fraction of sp³-hybridized carbons (Fsp3) is 0.278. The zero-order chi connectivity index (χ0) is 15.9. The van der Waals surface area contributed by atoms with Crippen molar-refractivity contribution in [2.24, 2.45) is 5.92 Å². The van der Waals surface area contributed by atoms with E-state index in [1.165, 1.54) is 5.56 Å². The molecule has 0 spiro atoms. The number of hydrogen-bond acceptors (Lipinski definition) is 2. The summed E-state index contributed by atoms with van der Waals surface area (Å²) in [5, 5.41) is 6.28. The highest BCUT2D eigenvalue weighted by molar-refractivity contribution is 9.10. The van der Waals surface area contributed by atoms with Crippen LogP contribution in [0.1, 0.15) is 29.8 Å². The van der Waals surface area contributed by atoms with Crippen LogP contribution in [0.25, 0.3) is 0 Å². The highest BCUT2D eigenvalue weighted by Crippen LogP contribution is 2.14. The van der Waals surface area contributed by atoms with Gasteiger partial charge in [-0.15, -0.1) is 0 Å². The maximum atomic E-state index is 12.1. The molecule has 1 amide bonds. The Morgan fingerprint density at radius 1 is 1.14 bits per heavy atom. The number of hydrogen-bond donors (Lipinski definition) is 2. The van der Waals surface area contributed by atoms with Gasteiger partial charge in [-0.1, -0.05) is 48.0 Å². The van der Waals surface area contributed by atoms with Crippen molar-refractivity contribution in [3.05, 3.63) is 64.1 Å². The Morgan fingerprint density at radius 3 is 2.55 bits per heavy atom. The largest absolute Gasteiger partial charge is 0.381 e. The number of nitrogens with one attached hydrogen (secondary N) is 2. The predicted molar refractivity (Wildman–Crippen MR) is 95.1 cm³/mol. The minimum atomic E-state index is -0.0269. The Balaban J connectivity index is 1.96. The van der Waals surface area contributed by atoms with Gasteiger partial charge in [-0.05, 0) is 41.8 Å². The van der Waals surface area contributed by atoms with E-state index in [-0.39, 0.29) is 5.91 Å². The molecule has 0 radical (unpaired) electrons. The zero-order valence-electron chi connectivity index (χ0n) is 12.9. The Morgan fingerprint density at radius 2 is 1.86 bits per heavy atom. The maximum Gasteiger partial charge on any atom is 0.251 e. The highest BCUT2D eigenvalue weighted by atomic mass is 79.9. The third-order valence-corrected chi connectivity index (χ3v) is 3.73. The predicted octanol–water partition coefficient (Wildman–Crippen LogP) is 4.45. The molecule has 3 nitrogen and oxygen atoms in total. The maximum absolute atomic E-state index is 12.1. The molecule has 2 rings (SSSR count). The van der Waals surface area contributed by atoms with Crippen molar-refractivity contribution >= 4 is 27.5 Å². The summed E-state index contributed by atoms with van der Waals surface area (Å²) < 4.78 is 1.07. The standard InChI is InChI=1S/C18H21BrN2O/c1-13(2)11-21-18(22)15-4-3-5-17(10-15)20-12-14-6-8-16(19)9-7-14/h3-10,13,20H,11-12H2,1-2H3,(H,21,22). The average molecular weight is 361 g/mol. The van der Waals surface area contributed by atoms with Crippen LogP contribution < -0.4 is 10.6 Å². The van der Waals surface area contributed by atoms with Gasteiger partial charge in [0.15, 0.2) is 0 Å². The van der Waals surface area contributed by atoms with Crippen LogP contribution in [0.4, 0.5) is 5.69 Å². The van der Waals surface area contributed by atoms with Crippen LogP contribution >= 0.6 is 15.9 Å². The normalized spacial score (nSPS) is 10.5. The van der Waals surface area contributed by atoms with Crippen molar-refractivity contribution in [3.8, 4) is 0 Å². The van der Waals surface area contributed by atoms with Gasteiger partial charge in [0.2, 0.25) is 0 Å². The highest BCUT2D eigenvalue weighted by Gasteiger charge is 2.06. The van der Waals surface area contributed by atoms with E-state index in [2.05, 4.69) is 52.5 Å². The molecule has 2 aromatic rings. The van der Waals surface area contributed by atoms with Gasteiger partial charge >= 0.3 is 0 Å². The molecule has 0 saturated carbocycles. The molecule has 0 heterocycles. The molecule has 116 valence electrons. The van der Waals surface area contributed by atoms with E-state index in [0.717, 1.165) is 16.7 Å². The first kappa shape index (κ1) is 16.6.